The van der Waals surface area contributed by atoms with E-state index in [1.54, 1.807) is 24.3 Å². The van der Waals surface area contributed by atoms with Crippen LogP contribution in [-0.4, -0.2) is 19.5 Å². The molecule has 0 atom stereocenters. The lowest BCUT2D eigenvalue weighted by Gasteiger charge is -2.08. The van der Waals surface area contributed by atoms with Gasteiger partial charge in [-0.15, -0.1) is 0 Å². The Bertz CT molecular complexity index is 746. The van der Waals surface area contributed by atoms with Crippen molar-refractivity contribution in [3.63, 3.8) is 0 Å². The molecule has 5 nitrogen and oxygen atoms in total. The zero-order valence-corrected chi connectivity index (χ0v) is 12.8. The lowest BCUT2D eigenvalue weighted by molar-refractivity contribution is -0.136. The van der Waals surface area contributed by atoms with E-state index in [-0.39, 0.29) is 17.1 Å². The van der Waals surface area contributed by atoms with Gasteiger partial charge in [0.25, 0.3) is 0 Å². The zero-order chi connectivity index (χ0) is 16.2. The lowest BCUT2D eigenvalue weighted by Crippen LogP contribution is -2.09. The first-order valence-corrected chi connectivity index (χ1v) is 8.09. The van der Waals surface area contributed by atoms with Crippen LogP contribution in [-0.2, 0) is 21.3 Å². The first-order valence-electron chi connectivity index (χ1n) is 6.69. The van der Waals surface area contributed by atoms with Gasteiger partial charge in [-0.1, -0.05) is 29.8 Å². The highest BCUT2D eigenvalue weighted by molar-refractivity contribution is 7.87. The van der Waals surface area contributed by atoms with Gasteiger partial charge in [0.2, 0.25) is 0 Å². The lowest BCUT2D eigenvalue weighted by atomic mass is 10.1. The molecular formula is C16H16O5S. The minimum Gasteiger partial charge on any atom is -0.481 e. The van der Waals surface area contributed by atoms with Crippen LogP contribution < -0.4 is 4.18 Å². The van der Waals surface area contributed by atoms with E-state index in [2.05, 4.69) is 0 Å². The van der Waals surface area contributed by atoms with Gasteiger partial charge in [-0.25, -0.2) is 0 Å². The molecule has 2 aromatic rings. The summed E-state index contributed by atoms with van der Waals surface area (Å²) in [5.41, 5.74) is 1.77. The maximum Gasteiger partial charge on any atom is 0.339 e. The fourth-order valence-electron chi connectivity index (χ4n) is 1.84. The van der Waals surface area contributed by atoms with Gasteiger partial charge in [0, 0.05) is 6.42 Å². The van der Waals surface area contributed by atoms with E-state index >= 15 is 0 Å². The van der Waals surface area contributed by atoms with Crippen molar-refractivity contribution in [1.29, 1.82) is 0 Å². The molecule has 2 aromatic carbocycles. The van der Waals surface area contributed by atoms with Crippen LogP contribution in [0.1, 0.15) is 17.5 Å². The molecule has 0 aliphatic heterocycles. The Morgan fingerprint density at radius 3 is 2.18 bits per heavy atom. The van der Waals surface area contributed by atoms with Crippen molar-refractivity contribution in [2.24, 2.45) is 0 Å². The summed E-state index contributed by atoms with van der Waals surface area (Å²) in [7, 11) is -3.86. The van der Waals surface area contributed by atoms with E-state index in [0.29, 0.717) is 6.42 Å². The van der Waals surface area contributed by atoms with Gasteiger partial charge in [0.15, 0.2) is 0 Å². The van der Waals surface area contributed by atoms with Gasteiger partial charge in [0.1, 0.15) is 10.6 Å². The van der Waals surface area contributed by atoms with Crippen LogP contribution in [0.2, 0.25) is 0 Å². The van der Waals surface area contributed by atoms with Crippen LogP contribution in [0.15, 0.2) is 53.4 Å². The minimum absolute atomic E-state index is 0.0296. The Morgan fingerprint density at radius 1 is 1.05 bits per heavy atom. The summed E-state index contributed by atoms with van der Waals surface area (Å²) in [5.74, 6) is -0.679. The molecule has 0 aromatic heterocycles. The third-order valence-electron chi connectivity index (χ3n) is 3.07. The summed E-state index contributed by atoms with van der Waals surface area (Å²) in [6, 6.07) is 12.7. The smallest absolute Gasteiger partial charge is 0.339 e. The van der Waals surface area contributed by atoms with E-state index in [1.807, 2.05) is 6.92 Å². The Hall–Kier alpha value is -2.34. The number of carboxylic acids is 1. The van der Waals surface area contributed by atoms with E-state index in [9.17, 15) is 13.2 Å². The van der Waals surface area contributed by atoms with Crippen molar-refractivity contribution in [2.75, 3.05) is 0 Å². The van der Waals surface area contributed by atoms with E-state index in [0.717, 1.165) is 11.1 Å². The average Bonchev–Trinajstić information content (AvgIpc) is 2.46. The van der Waals surface area contributed by atoms with Gasteiger partial charge in [-0.3, -0.25) is 4.79 Å². The number of carboxylic acid groups (broad SMARTS) is 1. The third-order valence-corrected chi connectivity index (χ3v) is 4.33. The number of hydrogen-bond acceptors (Lipinski definition) is 4. The number of hydrogen-bond donors (Lipinski definition) is 1. The van der Waals surface area contributed by atoms with Crippen molar-refractivity contribution in [1.82, 2.24) is 0 Å². The fraction of sp³-hybridized carbons (Fsp3) is 0.188. The summed E-state index contributed by atoms with van der Waals surface area (Å²) in [4.78, 5) is 10.6. The van der Waals surface area contributed by atoms with Gasteiger partial charge in [0.05, 0.1) is 0 Å². The normalized spacial score (nSPS) is 11.1. The van der Waals surface area contributed by atoms with Crippen LogP contribution in [0.25, 0.3) is 0 Å². The maximum absolute atomic E-state index is 12.1. The molecule has 2 rings (SSSR count). The molecule has 1 N–H and O–H groups in total. The second-order valence-corrected chi connectivity index (χ2v) is 6.43. The second kappa shape index (κ2) is 6.62. The molecule has 0 saturated heterocycles. The van der Waals surface area contributed by atoms with Gasteiger partial charge < -0.3 is 9.29 Å². The van der Waals surface area contributed by atoms with Crippen molar-refractivity contribution in [3.05, 3.63) is 59.7 Å². The molecule has 0 aliphatic carbocycles. The molecule has 0 spiro atoms. The number of benzene rings is 2. The molecule has 6 heteroatoms. The number of rotatable bonds is 6. The maximum atomic E-state index is 12.1. The number of aliphatic carboxylic acids is 1. The van der Waals surface area contributed by atoms with Gasteiger partial charge in [-0.05, 0) is 43.2 Å². The summed E-state index contributed by atoms with van der Waals surface area (Å²) < 4.78 is 29.3. The van der Waals surface area contributed by atoms with Crippen LogP contribution >= 0.6 is 0 Å². The second-order valence-electron chi connectivity index (χ2n) is 4.89. The molecule has 116 valence electrons. The summed E-state index contributed by atoms with van der Waals surface area (Å²) >= 11 is 0. The molecule has 0 radical (unpaired) electrons. The van der Waals surface area contributed by atoms with E-state index in [1.165, 1.54) is 24.3 Å². The fourth-order valence-corrected chi connectivity index (χ4v) is 2.77. The standard InChI is InChI=1S/C16H16O5S/c1-12-2-9-15(10-3-12)22(19,20)21-14-7-4-13(5-8-14)6-11-16(17)18/h2-5,7-10H,6,11H2,1H3,(H,17,18). The number of carbonyl (C=O) groups is 1. The van der Waals surface area contributed by atoms with E-state index < -0.39 is 16.1 Å². The third kappa shape index (κ3) is 4.33. The van der Waals surface area contributed by atoms with Crippen LogP contribution in [0.3, 0.4) is 0 Å². The predicted octanol–water partition coefficient (Wildman–Crippen LogP) is 2.78. The van der Waals surface area contributed by atoms with Crippen molar-refractivity contribution in [2.45, 2.75) is 24.7 Å². The molecule has 22 heavy (non-hydrogen) atoms. The first-order chi connectivity index (χ1) is 10.4. The largest absolute Gasteiger partial charge is 0.481 e. The molecule has 0 bridgehead atoms. The van der Waals surface area contributed by atoms with Crippen LogP contribution in [0.4, 0.5) is 0 Å². The highest BCUT2D eigenvalue weighted by Crippen LogP contribution is 2.20. The quantitative estimate of drug-likeness (QED) is 0.828. The highest BCUT2D eigenvalue weighted by Gasteiger charge is 2.16. The highest BCUT2D eigenvalue weighted by atomic mass is 32.2. The average molecular weight is 320 g/mol. The number of aryl methyl sites for hydroxylation is 2. The monoisotopic (exact) mass is 320 g/mol. The van der Waals surface area contributed by atoms with Crippen LogP contribution in [0, 0.1) is 6.92 Å². The molecule has 0 saturated carbocycles. The molecule has 0 fully saturated rings. The zero-order valence-electron chi connectivity index (χ0n) is 12.0. The van der Waals surface area contributed by atoms with Gasteiger partial charge in [-0.2, -0.15) is 8.42 Å². The molecule has 0 heterocycles. The van der Waals surface area contributed by atoms with Crippen molar-refractivity contribution in [3.8, 4) is 5.75 Å². The predicted molar refractivity (Wildman–Crippen MR) is 81.4 cm³/mol. The molecular weight excluding hydrogens is 304 g/mol. The molecule has 0 amide bonds. The Morgan fingerprint density at radius 2 is 1.64 bits per heavy atom. The molecule has 0 aliphatic rings. The minimum atomic E-state index is -3.86. The summed E-state index contributed by atoms with van der Waals surface area (Å²) in [5, 5.41) is 8.62. The summed E-state index contributed by atoms with van der Waals surface area (Å²) in [6.45, 7) is 1.87. The SMILES string of the molecule is Cc1ccc(S(=O)(=O)Oc2ccc(CCC(=O)O)cc2)cc1. The first kappa shape index (κ1) is 16.0. The van der Waals surface area contributed by atoms with Crippen molar-refractivity contribution < 1.29 is 22.5 Å². The Balaban J connectivity index is 2.09. The topological polar surface area (TPSA) is 80.7 Å². The molecule has 0 unspecified atom stereocenters. The van der Waals surface area contributed by atoms with Gasteiger partial charge >= 0.3 is 16.1 Å². The Labute approximate surface area is 129 Å². The van der Waals surface area contributed by atoms with Crippen molar-refractivity contribution >= 4 is 16.1 Å². The van der Waals surface area contributed by atoms with E-state index in [4.69, 9.17) is 9.29 Å². The van der Waals surface area contributed by atoms with Crippen LogP contribution in [0.5, 0.6) is 5.75 Å². The summed E-state index contributed by atoms with van der Waals surface area (Å²) in [6.07, 6.45) is 0.419. The Kier molecular flexibility index (Phi) is 4.82.